The molecule has 0 saturated carbocycles. The van der Waals surface area contributed by atoms with Crippen LogP contribution in [0.1, 0.15) is 60.7 Å². The van der Waals surface area contributed by atoms with Gasteiger partial charge in [-0.15, -0.1) is 0 Å². The Bertz CT molecular complexity index is 1560. The number of carbonyl (C=O) groups excluding carboxylic acids is 4. The van der Waals surface area contributed by atoms with Crippen molar-refractivity contribution in [3.05, 3.63) is 59.4 Å². The number of nitrogens with zero attached hydrogens (tertiary/aromatic N) is 4. The average Bonchev–Trinajstić information content (AvgIpc) is 3.36. The Morgan fingerprint density at radius 3 is 2.26 bits per heavy atom. The fraction of sp³-hybridized carbons (Fsp3) is 0.452. The minimum atomic E-state index is -2.48. The summed E-state index contributed by atoms with van der Waals surface area (Å²) >= 11 is 0. The molecule has 0 saturated heterocycles. The van der Waals surface area contributed by atoms with Gasteiger partial charge in [-0.05, 0) is 50.4 Å². The van der Waals surface area contributed by atoms with Crippen molar-refractivity contribution >= 4 is 41.9 Å². The van der Waals surface area contributed by atoms with Gasteiger partial charge in [0.25, 0.3) is 11.8 Å². The summed E-state index contributed by atoms with van der Waals surface area (Å²) in [7, 11) is -2.48. The summed E-state index contributed by atoms with van der Waals surface area (Å²) in [5.74, 6) is -0.124. The molecule has 0 unspecified atom stereocenters. The van der Waals surface area contributed by atoms with Gasteiger partial charge in [0.2, 0.25) is 5.91 Å². The van der Waals surface area contributed by atoms with E-state index in [-0.39, 0.29) is 44.4 Å². The molecule has 0 bridgehead atoms. The van der Waals surface area contributed by atoms with Crippen LogP contribution in [0.3, 0.4) is 0 Å². The largest absolute Gasteiger partial charge is 0.492 e. The molecule has 3 aromatic rings. The number of benzene rings is 2. The van der Waals surface area contributed by atoms with Gasteiger partial charge in [-0.2, -0.15) is 0 Å². The maximum absolute atomic E-state index is 13.1. The molecule has 3 amide bonds. The Morgan fingerprint density at radius 2 is 1.67 bits per heavy atom. The van der Waals surface area contributed by atoms with Gasteiger partial charge in [0, 0.05) is 19.4 Å². The monoisotopic (exact) mass is 610 g/mol. The van der Waals surface area contributed by atoms with Crippen molar-refractivity contribution < 1.29 is 33.2 Å². The fourth-order valence-electron chi connectivity index (χ4n) is 5.11. The van der Waals surface area contributed by atoms with Crippen molar-refractivity contribution in [3.8, 4) is 5.75 Å². The van der Waals surface area contributed by atoms with Gasteiger partial charge in [-0.25, -0.2) is 4.98 Å². The van der Waals surface area contributed by atoms with Crippen molar-refractivity contribution in [1.82, 2.24) is 19.4 Å². The van der Waals surface area contributed by atoms with Gasteiger partial charge in [0.15, 0.2) is 0 Å². The Kier molecular flexibility index (Phi) is 9.75. The quantitative estimate of drug-likeness (QED) is 0.156. The van der Waals surface area contributed by atoms with Crippen LogP contribution in [0, 0.1) is 5.92 Å². The molecule has 43 heavy (non-hydrogen) atoms. The summed E-state index contributed by atoms with van der Waals surface area (Å²) in [6, 6.07) is 12.0. The molecule has 2 heterocycles. The van der Waals surface area contributed by atoms with E-state index in [1.807, 2.05) is 18.4 Å². The zero-order valence-electron chi connectivity index (χ0n) is 25.5. The fourth-order valence-corrected chi connectivity index (χ4v) is 6.23. The summed E-state index contributed by atoms with van der Waals surface area (Å²) in [4.78, 5) is 58.0. The van der Waals surface area contributed by atoms with E-state index in [9.17, 15) is 23.7 Å². The van der Waals surface area contributed by atoms with Crippen LogP contribution in [0.4, 0.5) is 0 Å². The second-order valence-electron chi connectivity index (χ2n) is 11.8. The summed E-state index contributed by atoms with van der Waals surface area (Å²) in [6.07, 6.45) is 0.0319. The van der Waals surface area contributed by atoms with Crippen LogP contribution in [0.2, 0.25) is 0 Å². The standard InChI is InChI=1S/C31H39N4O7P/c1-20(2)15-29(37)33(19-43(5,6)40)13-14-41-23-11-12-26-27(16-23)34(17-21(3)42-22(4)36)28(32-26)18-35-30(38)24-9-7-8-10-25(24)31(35)39/h7-12,16,20-21H,13-15,17-19H2,1-6H3/t21-/m0/s1. The van der Waals surface area contributed by atoms with Crippen molar-refractivity contribution in [2.75, 3.05) is 32.8 Å². The van der Waals surface area contributed by atoms with Crippen LogP contribution >= 0.6 is 7.14 Å². The smallest absolute Gasteiger partial charge is 0.302 e. The third-order valence-electron chi connectivity index (χ3n) is 6.86. The van der Waals surface area contributed by atoms with E-state index in [4.69, 9.17) is 14.5 Å². The Hall–Kier alpha value is -3.98. The second-order valence-corrected chi connectivity index (χ2v) is 15.2. The van der Waals surface area contributed by atoms with E-state index in [1.54, 1.807) is 67.6 Å². The number of aromatic nitrogens is 2. The van der Waals surface area contributed by atoms with Crippen LogP contribution in [0.25, 0.3) is 11.0 Å². The summed E-state index contributed by atoms with van der Waals surface area (Å²) in [5, 5.41) is 0. The van der Waals surface area contributed by atoms with Gasteiger partial charge in [-0.3, -0.25) is 24.1 Å². The molecule has 1 aromatic heterocycles. The highest BCUT2D eigenvalue weighted by Crippen LogP contribution is 2.36. The molecule has 0 spiro atoms. The molecular weight excluding hydrogens is 571 g/mol. The average molecular weight is 611 g/mol. The lowest BCUT2D eigenvalue weighted by molar-refractivity contribution is -0.146. The highest BCUT2D eigenvalue weighted by atomic mass is 31.2. The number of ether oxygens (including phenoxy) is 2. The van der Waals surface area contributed by atoms with E-state index in [0.29, 0.717) is 40.2 Å². The summed E-state index contributed by atoms with van der Waals surface area (Å²) < 4.78 is 25.7. The minimum Gasteiger partial charge on any atom is -0.492 e. The van der Waals surface area contributed by atoms with Crippen LogP contribution in [-0.4, -0.2) is 81.9 Å². The lowest BCUT2D eigenvalue weighted by Gasteiger charge is -2.25. The molecule has 0 N–H and O–H groups in total. The highest BCUT2D eigenvalue weighted by molar-refractivity contribution is 7.62. The van der Waals surface area contributed by atoms with Crippen molar-refractivity contribution in [2.24, 2.45) is 5.92 Å². The van der Waals surface area contributed by atoms with Crippen molar-refractivity contribution in [1.29, 1.82) is 0 Å². The van der Waals surface area contributed by atoms with Crippen molar-refractivity contribution in [2.45, 2.75) is 53.3 Å². The predicted octanol–water partition coefficient (Wildman–Crippen LogP) is 4.62. The van der Waals surface area contributed by atoms with Gasteiger partial charge >= 0.3 is 5.97 Å². The molecule has 0 fully saturated rings. The van der Waals surface area contributed by atoms with E-state index < -0.39 is 31.0 Å². The maximum atomic E-state index is 13.1. The zero-order chi connectivity index (χ0) is 31.5. The number of carbonyl (C=O) groups is 4. The Balaban J connectivity index is 1.58. The third kappa shape index (κ3) is 7.90. The highest BCUT2D eigenvalue weighted by Gasteiger charge is 2.36. The first-order valence-electron chi connectivity index (χ1n) is 14.3. The Labute approximate surface area is 251 Å². The van der Waals surface area contributed by atoms with E-state index in [2.05, 4.69) is 0 Å². The first-order valence-corrected chi connectivity index (χ1v) is 17.1. The van der Waals surface area contributed by atoms with Crippen LogP contribution < -0.4 is 4.74 Å². The molecule has 1 aliphatic heterocycles. The van der Waals surface area contributed by atoms with E-state index >= 15 is 0 Å². The zero-order valence-corrected chi connectivity index (χ0v) is 26.4. The number of imidazole rings is 1. The van der Waals surface area contributed by atoms with Crippen LogP contribution in [-0.2, 0) is 32.0 Å². The maximum Gasteiger partial charge on any atom is 0.302 e. The number of hydrogen-bond acceptors (Lipinski definition) is 8. The van der Waals surface area contributed by atoms with Crippen molar-refractivity contribution in [3.63, 3.8) is 0 Å². The number of hydrogen-bond donors (Lipinski definition) is 0. The van der Waals surface area contributed by atoms with Gasteiger partial charge in [0.05, 0.1) is 48.1 Å². The van der Waals surface area contributed by atoms with Gasteiger partial charge in [0.1, 0.15) is 31.4 Å². The number of imide groups is 1. The number of fused-ring (bicyclic) bond motifs is 2. The molecule has 12 heteroatoms. The topological polar surface area (TPSA) is 128 Å². The number of esters is 1. The molecule has 1 atom stereocenters. The molecule has 230 valence electrons. The molecule has 4 rings (SSSR count). The van der Waals surface area contributed by atoms with E-state index in [1.165, 1.54) is 11.8 Å². The lowest BCUT2D eigenvalue weighted by Crippen LogP contribution is -2.35. The first kappa shape index (κ1) is 31.9. The predicted molar refractivity (Wildman–Crippen MR) is 163 cm³/mol. The normalized spacial score (nSPS) is 13.9. The summed E-state index contributed by atoms with van der Waals surface area (Å²) in [5.41, 5.74) is 1.98. The van der Waals surface area contributed by atoms with Crippen LogP contribution in [0.15, 0.2) is 42.5 Å². The molecule has 2 aromatic carbocycles. The third-order valence-corrected chi connectivity index (χ3v) is 7.88. The SMILES string of the molecule is CC(=O)O[C@@H](C)Cn1c(CN2C(=O)c3ccccc3C2=O)nc2ccc(OCCN(CP(C)(C)=O)C(=O)CC(C)C)cc21. The minimum absolute atomic E-state index is 0.0617. The molecule has 11 nitrogen and oxygen atoms in total. The molecular formula is C31H39N4O7P. The summed E-state index contributed by atoms with van der Waals surface area (Å²) in [6.45, 7) is 11.0. The first-order chi connectivity index (χ1) is 20.2. The number of amides is 3. The Morgan fingerprint density at radius 1 is 1.02 bits per heavy atom. The molecule has 1 aliphatic rings. The van der Waals surface area contributed by atoms with Crippen LogP contribution in [0.5, 0.6) is 5.75 Å². The van der Waals surface area contributed by atoms with Gasteiger partial charge < -0.3 is 23.5 Å². The number of rotatable bonds is 13. The molecule has 0 aliphatic carbocycles. The molecule has 0 radical (unpaired) electrons. The van der Waals surface area contributed by atoms with Gasteiger partial charge in [-0.1, -0.05) is 26.0 Å². The lowest BCUT2D eigenvalue weighted by atomic mass is 10.1. The van der Waals surface area contributed by atoms with E-state index in [0.717, 1.165) is 0 Å². The second kappa shape index (κ2) is 13.1.